The maximum atomic E-state index is 8.66. The molecule has 2 rings (SSSR count). The normalized spacial score (nSPS) is 9.83. The van der Waals surface area contributed by atoms with Gasteiger partial charge in [-0.3, -0.25) is 0 Å². The molecule has 0 aliphatic heterocycles. The molecule has 1 N–H and O–H groups in total. The molecule has 0 aliphatic rings. The van der Waals surface area contributed by atoms with E-state index in [2.05, 4.69) is 11.4 Å². The van der Waals surface area contributed by atoms with E-state index < -0.39 is 0 Å². The fourth-order valence-electron chi connectivity index (χ4n) is 1.62. The van der Waals surface area contributed by atoms with Gasteiger partial charge in [-0.2, -0.15) is 5.26 Å². The van der Waals surface area contributed by atoms with Crippen LogP contribution in [-0.2, 0) is 6.54 Å². The van der Waals surface area contributed by atoms with Crippen molar-refractivity contribution < 1.29 is 4.42 Å². The Hall–Kier alpha value is -2.41. The van der Waals surface area contributed by atoms with Crippen LogP contribution >= 0.6 is 0 Å². The molecule has 1 aromatic heterocycles. The zero-order valence-electron chi connectivity index (χ0n) is 10.5. The molecule has 4 heteroatoms. The van der Waals surface area contributed by atoms with Crippen LogP contribution in [0.25, 0.3) is 0 Å². The first-order valence-corrected chi connectivity index (χ1v) is 5.69. The van der Waals surface area contributed by atoms with Crippen LogP contribution in [0, 0.1) is 11.3 Å². The highest BCUT2D eigenvalue weighted by molar-refractivity contribution is 5.57. The Bertz CT molecular complexity index is 566. The third-order valence-electron chi connectivity index (χ3n) is 2.60. The van der Waals surface area contributed by atoms with Gasteiger partial charge in [0.25, 0.3) is 0 Å². The molecule has 0 aliphatic carbocycles. The topological polar surface area (TPSA) is 52.2 Å². The zero-order valence-corrected chi connectivity index (χ0v) is 10.5. The average Bonchev–Trinajstić information content (AvgIpc) is 2.84. The Kier molecular flexibility index (Phi) is 3.54. The first-order chi connectivity index (χ1) is 8.69. The van der Waals surface area contributed by atoms with Gasteiger partial charge < -0.3 is 14.6 Å². The van der Waals surface area contributed by atoms with Gasteiger partial charge in [0.1, 0.15) is 11.8 Å². The zero-order chi connectivity index (χ0) is 13.0. The van der Waals surface area contributed by atoms with Crippen molar-refractivity contribution in [3.8, 4) is 6.07 Å². The van der Waals surface area contributed by atoms with E-state index in [4.69, 9.17) is 9.68 Å². The highest BCUT2D eigenvalue weighted by Crippen LogP contribution is 2.18. The molecular formula is C14H15N3O. The summed E-state index contributed by atoms with van der Waals surface area (Å²) in [4.78, 5) is 2.05. The van der Waals surface area contributed by atoms with Gasteiger partial charge in [-0.25, -0.2) is 0 Å². The molecule has 2 aromatic rings. The standard InChI is InChI=1S/C14H15N3O/c1-17(2)12-5-3-4-11(8-12)16-10-14-7-6-13(9-15)18-14/h3-8,16H,10H2,1-2H3. The molecule has 0 atom stereocenters. The second kappa shape index (κ2) is 5.28. The lowest BCUT2D eigenvalue weighted by atomic mass is 10.2. The lowest BCUT2D eigenvalue weighted by Gasteiger charge is -2.14. The predicted octanol–water partition coefficient (Wildman–Crippen LogP) is 2.83. The van der Waals surface area contributed by atoms with Gasteiger partial charge in [0.05, 0.1) is 6.54 Å². The fraction of sp³-hybridized carbons (Fsp3) is 0.214. The van der Waals surface area contributed by atoms with Crippen molar-refractivity contribution in [2.75, 3.05) is 24.3 Å². The number of hydrogen-bond acceptors (Lipinski definition) is 4. The fourth-order valence-corrected chi connectivity index (χ4v) is 1.62. The minimum Gasteiger partial charge on any atom is -0.449 e. The van der Waals surface area contributed by atoms with Crippen LogP contribution < -0.4 is 10.2 Å². The predicted molar refractivity (Wildman–Crippen MR) is 71.5 cm³/mol. The summed E-state index contributed by atoms with van der Waals surface area (Å²) in [5.74, 6) is 1.09. The van der Waals surface area contributed by atoms with E-state index in [0.29, 0.717) is 12.3 Å². The van der Waals surface area contributed by atoms with Gasteiger partial charge in [-0.05, 0) is 30.3 Å². The number of furan rings is 1. The van der Waals surface area contributed by atoms with Crippen LogP contribution in [0.2, 0.25) is 0 Å². The number of anilines is 2. The number of benzene rings is 1. The largest absolute Gasteiger partial charge is 0.449 e. The third-order valence-corrected chi connectivity index (χ3v) is 2.60. The Balaban J connectivity index is 2.02. The van der Waals surface area contributed by atoms with Gasteiger partial charge in [0.2, 0.25) is 5.76 Å². The first kappa shape index (κ1) is 12.1. The molecule has 0 spiro atoms. The summed E-state index contributed by atoms with van der Waals surface area (Å²) in [7, 11) is 4.01. The van der Waals surface area contributed by atoms with Crippen LogP contribution in [0.4, 0.5) is 11.4 Å². The summed E-state index contributed by atoms with van der Waals surface area (Å²) in [5, 5.41) is 11.9. The minimum absolute atomic E-state index is 0.342. The van der Waals surface area contributed by atoms with Gasteiger partial charge >= 0.3 is 0 Å². The average molecular weight is 241 g/mol. The molecule has 18 heavy (non-hydrogen) atoms. The smallest absolute Gasteiger partial charge is 0.203 e. The monoisotopic (exact) mass is 241 g/mol. The lowest BCUT2D eigenvalue weighted by molar-refractivity contribution is 0.506. The molecule has 0 unspecified atom stereocenters. The maximum Gasteiger partial charge on any atom is 0.203 e. The van der Waals surface area contributed by atoms with Crippen LogP contribution in [0.15, 0.2) is 40.8 Å². The summed E-state index contributed by atoms with van der Waals surface area (Å²) >= 11 is 0. The lowest BCUT2D eigenvalue weighted by Crippen LogP contribution is -2.09. The Labute approximate surface area is 106 Å². The molecule has 0 amide bonds. The van der Waals surface area contributed by atoms with E-state index in [1.807, 2.05) is 43.3 Å². The van der Waals surface area contributed by atoms with Crippen molar-refractivity contribution in [1.29, 1.82) is 5.26 Å². The molecule has 92 valence electrons. The number of nitrogens with zero attached hydrogens (tertiary/aromatic N) is 2. The molecule has 0 saturated heterocycles. The van der Waals surface area contributed by atoms with Crippen molar-refractivity contribution in [3.63, 3.8) is 0 Å². The van der Waals surface area contributed by atoms with E-state index in [0.717, 1.165) is 17.1 Å². The summed E-state index contributed by atoms with van der Waals surface area (Å²) in [6.07, 6.45) is 0. The van der Waals surface area contributed by atoms with Crippen LogP contribution in [0.5, 0.6) is 0 Å². The van der Waals surface area contributed by atoms with Crippen molar-refractivity contribution in [2.24, 2.45) is 0 Å². The van der Waals surface area contributed by atoms with E-state index >= 15 is 0 Å². The van der Waals surface area contributed by atoms with Crippen LogP contribution in [-0.4, -0.2) is 14.1 Å². The number of rotatable bonds is 4. The van der Waals surface area contributed by atoms with Crippen LogP contribution in [0.3, 0.4) is 0 Å². The van der Waals surface area contributed by atoms with E-state index in [-0.39, 0.29) is 0 Å². The second-order valence-electron chi connectivity index (χ2n) is 4.18. The maximum absolute atomic E-state index is 8.66. The Morgan fingerprint density at radius 3 is 2.78 bits per heavy atom. The Morgan fingerprint density at radius 2 is 2.11 bits per heavy atom. The highest BCUT2D eigenvalue weighted by atomic mass is 16.3. The molecule has 1 aromatic carbocycles. The molecule has 4 nitrogen and oxygen atoms in total. The highest BCUT2D eigenvalue weighted by Gasteiger charge is 2.02. The third kappa shape index (κ3) is 2.83. The summed E-state index contributed by atoms with van der Waals surface area (Å²) in [6.45, 7) is 0.568. The SMILES string of the molecule is CN(C)c1cccc(NCc2ccc(C#N)o2)c1. The minimum atomic E-state index is 0.342. The summed E-state index contributed by atoms with van der Waals surface area (Å²) in [5.41, 5.74) is 2.16. The van der Waals surface area contributed by atoms with Gasteiger partial charge in [0.15, 0.2) is 0 Å². The molecule has 0 fully saturated rings. The molecule has 0 radical (unpaired) electrons. The molecule has 1 heterocycles. The molecule has 0 bridgehead atoms. The molecular weight excluding hydrogens is 226 g/mol. The van der Waals surface area contributed by atoms with Crippen molar-refractivity contribution >= 4 is 11.4 Å². The number of nitrogens with one attached hydrogen (secondary N) is 1. The van der Waals surface area contributed by atoms with Crippen molar-refractivity contribution in [3.05, 3.63) is 47.9 Å². The summed E-state index contributed by atoms with van der Waals surface area (Å²) in [6, 6.07) is 13.6. The number of nitriles is 1. The first-order valence-electron chi connectivity index (χ1n) is 5.69. The van der Waals surface area contributed by atoms with Crippen molar-refractivity contribution in [2.45, 2.75) is 6.54 Å². The summed E-state index contributed by atoms with van der Waals surface area (Å²) < 4.78 is 5.30. The van der Waals surface area contributed by atoms with Gasteiger partial charge in [0, 0.05) is 25.5 Å². The van der Waals surface area contributed by atoms with Crippen molar-refractivity contribution in [1.82, 2.24) is 0 Å². The Morgan fingerprint density at radius 1 is 1.28 bits per heavy atom. The van der Waals surface area contributed by atoms with E-state index in [9.17, 15) is 0 Å². The second-order valence-corrected chi connectivity index (χ2v) is 4.18. The van der Waals surface area contributed by atoms with Gasteiger partial charge in [-0.15, -0.1) is 0 Å². The molecule has 0 saturated carbocycles. The van der Waals surface area contributed by atoms with E-state index in [1.165, 1.54) is 0 Å². The van der Waals surface area contributed by atoms with Gasteiger partial charge in [-0.1, -0.05) is 6.07 Å². The number of hydrogen-bond donors (Lipinski definition) is 1. The quantitative estimate of drug-likeness (QED) is 0.894. The van der Waals surface area contributed by atoms with Crippen LogP contribution in [0.1, 0.15) is 11.5 Å². The van der Waals surface area contributed by atoms with E-state index in [1.54, 1.807) is 12.1 Å².